The first-order valence-corrected chi connectivity index (χ1v) is 7.34. The summed E-state index contributed by atoms with van der Waals surface area (Å²) in [6.07, 6.45) is 2.92. The first kappa shape index (κ1) is 14.8. The van der Waals surface area contributed by atoms with Crippen LogP contribution >= 0.6 is 15.9 Å². The maximum absolute atomic E-state index is 5.37. The van der Waals surface area contributed by atoms with Crippen LogP contribution in [0.3, 0.4) is 0 Å². The van der Waals surface area contributed by atoms with Gasteiger partial charge in [-0.2, -0.15) is 0 Å². The van der Waals surface area contributed by atoms with Gasteiger partial charge in [-0.15, -0.1) is 5.10 Å². The van der Waals surface area contributed by atoms with Crippen molar-refractivity contribution in [2.75, 3.05) is 14.2 Å². The third kappa shape index (κ3) is 3.30. The number of methoxy groups -OCH3 is 2. The molecule has 2 rings (SSSR count). The lowest BCUT2D eigenvalue weighted by molar-refractivity contribution is 0.396. The van der Waals surface area contributed by atoms with Crippen molar-refractivity contribution >= 4 is 15.9 Å². The number of alkyl halides is 1. The predicted octanol–water partition coefficient (Wildman–Crippen LogP) is 3.19. The topological polar surface area (TPSA) is 49.2 Å². The molecule has 0 saturated carbocycles. The van der Waals surface area contributed by atoms with E-state index >= 15 is 0 Å². The van der Waals surface area contributed by atoms with E-state index in [-0.39, 0.29) is 4.83 Å². The second-order valence-corrected chi connectivity index (χ2v) is 5.50. The summed E-state index contributed by atoms with van der Waals surface area (Å²) in [5, 5.41) is 8.33. The molecule has 0 aliphatic rings. The lowest BCUT2D eigenvalue weighted by atomic mass is 10.2. The second-order valence-electron chi connectivity index (χ2n) is 4.39. The van der Waals surface area contributed by atoms with E-state index in [0.717, 1.165) is 29.2 Å². The molecule has 0 amide bonds. The summed E-state index contributed by atoms with van der Waals surface area (Å²) in [5.74, 6) is 1.61. The van der Waals surface area contributed by atoms with E-state index in [1.807, 2.05) is 24.4 Å². The first-order valence-electron chi connectivity index (χ1n) is 6.43. The van der Waals surface area contributed by atoms with Crippen LogP contribution in [0, 0.1) is 0 Å². The van der Waals surface area contributed by atoms with Gasteiger partial charge < -0.3 is 9.47 Å². The Balaban J connectivity index is 2.22. The van der Waals surface area contributed by atoms with Gasteiger partial charge >= 0.3 is 0 Å². The number of hydrogen-bond donors (Lipinski definition) is 0. The maximum atomic E-state index is 5.37. The van der Waals surface area contributed by atoms with Crippen molar-refractivity contribution in [3.05, 3.63) is 35.7 Å². The fraction of sp³-hybridized carbons (Fsp3) is 0.429. The smallest absolute Gasteiger partial charge is 0.124 e. The van der Waals surface area contributed by atoms with Gasteiger partial charge in [0.25, 0.3) is 0 Å². The molecule has 2 aromatic rings. The van der Waals surface area contributed by atoms with Crippen LogP contribution in [-0.4, -0.2) is 29.2 Å². The van der Waals surface area contributed by atoms with Crippen LogP contribution in [0.1, 0.15) is 29.4 Å². The van der Waals surface area contributed by atoms with E-state index < -0.39 is 0 Å². The highest BCUT2D eigenvalue weighted by molar-refractivity contribution is 9.09. The molecule has 0 saturated heterocycles. The van der Waals surface area contributed by atoms with E-state index in [4.69, 9.17) is 9.47 Å². The number of nitrogens with zero attached hydrogens (tertiary/aromatic N) is 3. The summed E-state index contributed by atoms with van der Waals surface area (Å²) in [6.45, 7) is 2.69. The molecule has 1 heterocycles. The lowest BCUT2D eigenvalue weighted by Crippen LogP contribution is -2.03. The van der Waals surface area contributed by atoms with Gasteiger partial charge in [0.1, 0.15) is 11.5 Å². The average Bonchev–Trinajstić information content (AvgIpc) is 2.94. The number of hydrogen-bond acceptors (Lipinski definition) is 4. The van der Waals surface area contributed by atoms with Crippen LogP contribution in [0.4, 0.5) is 0 Å². The zero-order valence-electron chi connectivity index (χ0n) is 11.8. The van der Waals surface area contributed by atoms with Gasteiger partial charge in [0.2, 0.25) is 0 Å². The normalized spacial score (nSPS) is 12.2. The fourth-order valence-electron chi connectivity index (χ4n) is 1.92. The molecule has 20 heavy (non-hydrogen) atoms. The third-order valence-electron chi connectivity index (χ3n) is 3.06. The summed E-state index contributed by atoms with van der Waals surface area (Å²) in [4.78, 5) is 0.239. The molecule has 0 aliphatic heterocycles. The van der Waals surface area contributed by atoms with Gasteiger partial charge in [-0.3, -0.25) is 0 Å². The quantitative estimate of drug-likeness (QED) is 0.758. The largest absolute Gasteiger partial charge is 0.497 e. The highest BCUT2D eigenvalue weighted by Gasteiger charge is 2.11. The monoisotopic (exact) mass is 339 g/mol. The Morgan fingerprint density at radius 1 is 1.30 bits per heavy atom. The minimum atomic E-state index is 0.239. The molecule has 0 radical (unpaired) electrons. The molecule has 1 atom stereocenters. The molecule has 0 spiro atoms. The minimum absolute atomic E-state index is 0.239. The average molecular weight is 340 g/mol. The molecule has 108 valence electrons. The summed E-state index contributed by atoms with van der Waals surface area (Å²) in [5.41, 5.74) is 1.94. The Morgan fingerprint density at radius 2 is 2.10 bits per heavy atom. The van der Waals surface area contributed by atoms with Gasteiger partial charge in [0.05, 0.1) is 31.3 Å². The van der Waals surface area contributed by atoms with Crippen LogP contribution in [-0.2, 0) is 6.54 Å². The highest BCUT2D eigenvalue weighted by Crippen LogP contribution is 2.26. The van der Waals surface area contributed by atoms with Crippen molar-refractivity contribution in [2.45, 2.75) is 24.7 Å². The zero-order chi connectivity index (χ0) is 14.5. The van der Waals surface area contributed by atoms with Crippen LogP contribution in [0.25, 0.3) is 0 Å². The molecule has 0 bridgehead atoms. The Labute approximate surface area is 127 Å². The minimum Gasteiger partial charge on any atom is -0.497 e. The van der Waals surface area contributed by atoms with E-state index in [1.54, 1.807) is 18.9 Å². The van der Waals surface area contributed by atoms with Crippen molar-refractivity contribution in [1.82, 2.24) is 15.0 Å². The SMILES string of the molecule is CCC(Br)c1cn(Cc2cc(OC)ccc2OC)nn1. The molecule has 1 aromatic heterocycles. The van der Waals surface area contributed by atoms with Gasteiger partial charge in [0.15, 0.2) is 0 Å². The molecule has 1 unspecified atom stereocenters. The molecule has 6 heteroatoms. The van der Waals surface area contributed by atoms with E-state index in [2.05, 4.69) is 33.2 Å². The van der Waals surface area contributed by atoms with Crippen molar-refractivity contribution in [3.63, 3.8) is 0 Å². The second kappa shape index (κ2) is 6.74. The summed E-state index contributed by atoms with van der Waals surface area (Å²) < 4.78 is 12.4. The van der Waals surface area contributed by atoms with Crippen molar-refractivity contribution in [2.24, 2.45) is 0 Å². The summed E-state index contributed by atoms with van der Waals surface area (Å²) in [7, 11) is 3.31. The number of ether oxygens (including phenoxy) is 2. The Kier molecular flexibility index (Phi) is 5.00. The Hall–Kier alpha value is -1.56. The molecule has 1 aromatic carbocycles. The van der Waals surface area contributed by atoms with Crippen LogP contribution in [0.2, 0.25) is 0 Å². The number of halogens is 1. The molecule has 0 aliphatic carbocycles. The molecular weight excluding hydrogens is 322 g/mol. The van der Waals surface area contributed by atoms with Crippen LogP contribution < -0.4 is 9.47 Å². The molecule has 0 fully saturated rings. The van der Waals surface area contributed by atoms with E-state index in [1.165, 1.54) is 0 Å². The highest BCUT2D eigenvalue weighted by atomic mass is 79.9. The van der Waals surface area contributed by atoms with Crippen molar-refractivity contribution in [3.8, 4) is 11.5 Å². The fourth-order valence-corrected chi connectivity index (χ4v) is 2.13. The number of aromatic nitrogens is 3. The Morgan fingerprint density at radius 3 is 2.75 bits per heavy atom. The molecule has 0 N–H and O–H groups in total. The first-order chi connectivity index (χ1) is 9.67. The van der Waals surface area contributed by atoms with Crippen LogP contribution in [0.5, 0.6) is 11.5 Å². The zero-order valence-corrected chi connectivity index (χ0v) is 13.4. The predicted molar refractivity (Wildman–Crippen MR) is 80.6 cm³/mol. The standard InChI is InChI=1S/C14H18BrN3O2/c1-4-12(15)13-9-18(17-16-13)8-10-7-11(19-2)5-6-14(10)20-3/h5-7,9,12H,4,8H2,1-3H3. The van der Waals surface area contributed by atoms with Gasteiger partial charge in [-0.25, -0.2) is 4.68 Å². The van der Waals surface area contributed by atoms with Gasteiger partial charge in [-0.1, -0.05) is 28.1 Å². The van der Waals surface area contributed by atoms with Crippen molar-refractivity contribution in [1.29, 1.82) is 0 Å². The van der Waals surface area contributed by atoms with E-state index in [9.17, 15) is 0 Å². The lowest BCUT2D eigenvalue weighted by Gasteiger charge is -2.10. The van der Waals surface area contributed by atoms with Gasteiger partial charge in [-0.05, 0) is 24.6 Å². The Bertz CT molecular complexity index is 571. The number of benzene rings is 1. The molecule has 5 nitrogen and oxygen atoms in total. The van der Waals surface area contributed by atoms with Gasteiger partial charge in [0, 0.05) is 11.8 Å². The van der Waals surface area contributed by atoms with E-state index in [0.29, 0.717) is 6.54 Å². The summed E-state index contributed by atoms with van der Waals surface area (Å²) >= 11 is 3.57. The third-order valence-corrected chi connectivity index (χ3v) is 4.17. The molecular formula is C14H18BrN3O2. The maximum Gasteiger partial charge on any atom is 0.124 e. The summed E-state index contributed by atoms with van der Waals surface area (Å²) in [6, 6.07) is 5.72. The van der Waals surface area contributed by atoms with Crippen LogP contribution in [0.15, 0.2) is 24.4 Å². The number of rotatable bonds is 6. The van der Waals surface area contributed by atoms with Crippen molar-refractivity contribution < 1.29 is 9.47 Å².